The molecule has 0 aromatic heterocycles. The number of carbonyl (C=O) groups is 1. The molecule has 0 bridgehead atoms. The van der Waals surface area contributed by atoms with E-state index in [-0.39, 0.29) is 16.2 Å². The average molecular weight is 311 g/mol. The van der Waals surface area contributed by atoms with E-state index >= 15 is 0 Å². The highest BCUT2D eigenvalue weighted by Gasteiger charge is 2.20. The van der Waals surface area contributed by atoms with Gasteiger partial charge in [-0.3, -0.25) is 0 Å². The van der Waals surface area contributed by atoms with Crippen LogP contribution in [0.2, 0.25) is 0 Å². The second-order valence-corrected chi connectivity index (χ2v) is 7.58. The molecule has 1 heterocycles. The average Bonchev–Trinajstić information content (AvgIpc) is 2.91. The standard InChI is InChI=1S/C15H21NO4S/c1-12-5-6-13(15(17)18)11-14(12)21(19,20)10-4-9-16-7-2-3-8-16/h5-6,11H,2-4,7-10H2,1H3,(H,17,18). The van der Waals surface area contributed by atoms with Crippen molar-refractivity contribution in [2.45, 2.75) is 31.1 Å². The highest BCUT2D eigenvalue weighted by atomic mass is 32.2. The fraction of sp³-hybridized carbons (Fsp3) is 0.533. The Kier molecular flexibility index (Phi) is 5.00. The van der Waals surface area contributed by atoms with Crippen LogP contribution in [0.1, 0.15) is 35.2 Å². The summed E-state index contributed by atoms with van der Waals surface area (Å²) in [5.74, 6) is -1.04. The quantitative estimate of drug-likeness (QED) is 0.869. The Hall–Kier alpha value is -1.40. The van der Waals surface area contributed by atoms with Gasteiger partial charge in [-0.1, -0.05) is 6.07 Å². The van der Waals surface area contributed by atoms with E-state index < -0.39 is 15.8 Å². The molecule has 1 aliphatic rings. The number of hydrogen-bond donors (Lipinski definition) is 1. The molecule has 0 aliphatic carbocycles. The number of benzene rings is 1. The zero-order valence-corrected chi connectivity index (χ0v) is 13.0. The van der Waals surface area contributed by atoms with Gasteiger partial charge in [-0.05, 0) is 63.5 Å². The lowest BCUT2D eigenvalue weighted by Gasteiger charge is -2.14. The Labute approximate surface area is 125 Å². The summed E-state index contributed by atoms with van der Waals surface area (Å²) >= 11 is 0. The smallest absolute Gasteiger partial charge is 0.335 e. The maximum Gasteiger partial charge on any atom is 0.335 e. The van der Waals surface area contributed by atoms with Crippen molar-refractivity contribution in [3.63, 3.8) is 0 Å². The van der Waals surface area contributed by atoms with E-state index in [2.05, 4.69) is 4.90 Å². The Bertz CT molecular complexity index is 619. The van der Waals surface area contributed by atoms with Crippen molar-refractivity contribution in [3.8, 4) is 0 Å². The molecule has 6 heteroatoms. The van der Waals surface area contributed by atoms with Gasteiger partial charge in [-0.25, -0.2) is 13.2 Å². The molecule has 0 saturated carbocycles. The topological polar surface area (TPSA) is 74.7 Å². The van der Waals surface area contributed by atoms with Crippen molar-refractivity contribution in [2.24, 2.45) is 0 Å². The summed E-state index contributed by atoms with van der Waals surface area (Å²) in [4.78, 5) is 13.4. The number of hydrogen-bond acceptors (Lipinski definition) is 4. The van der Waals surface area contributed by atoms with E-state index in [1.54, 1.807) is 13.0 Å². The SMILES string of the molecule is Cc1ccc(C(=O)O)cc1S(=O)(=O)CCCN1CCCC1. The summed E-state index contributed by atoms with van der Waals surface area (Å²) in [7, 11) is -3.43. The van der Waals surface area contributed by atoms with Crippen molar-refractivity contribution in [1.82, 2.24) is 4.90 Å². The van der Waals surface area contributed by atoms with Gasteiger partial charge >= 0.3 is 5.97 Å². The number of rotatable bonds is 6. The lowest BCUT2D eigenvalue weighted by Crippen LogP contribution is -2.23. The first-order valence-corrected chi connectivity index (χ1v) is 8.84. The second-order valence-electron chi connectivity index (χ2n) is 5.51. The summed E-state index contributed by atoms with van der Waals surface area (Å²) in [5, 5.41) is 8.98. The van der Waals surface area contributed by atoms with Crippen LogP contribution < -0.4 is 0 Å². The van der Waals surface area contributed by atoms with E-state index in [0.29, 0.717) is 12.0 Å². The van der Waals surface area contributed by atoms with E-state index in [4.69, 9.17) is 5.11 Å². The Morgan fingerprint density at radius 3 is 2.57 bits per heavy atom. The van der Waals surface area contributed by atoms with Crippen LogP contribution in [-0.4, -0.2) is 49.8 Å². The van der Waals surface area contributed by atoms with Crippen molar-refractivity contribution in [2.75, 3.05) is 25.4 Å². The van der Waals surface area contributed by atoms with Gasteiger partial charge < -0.3 is 10.0 Å². The normalized spacial score (nSPS) is 16.2. The van der Waals surface area contributed by atoms with Crippen molar-refractivity contribution in [3.05, 3.63) is 29.3 Å². The highest BCUT2D eigenvalue weighted by molar-refractivity contribution is 7.91. The molecule has 1 aliphatic heterocycles. The summed E-state index contributed by atoms with van der Waals surface area (Å²) < 4.78 is 24.8. The third-order valence-corrected chi connectivity index (χ3v) is 5.79. The maximum atomic E-state index is 12.4. The molecule has 21 heavy (non-hydrogen) atoms. The molecule has 1 aromatic carbocycles. The lowest BCUT2D eigenvalue weighted by molar-refractivity contribution is 0.0696. The van der Waals surface area contributed by atoms with E-state index in [9.17, 15) is 13.2 Å². The summed E-state index contributed by atoms with van der Waals surface area (Å²) in [6.07, 6.45) is 2.96. The summed E-state index contributed by atoms with van der Waals surface area (Å²) in [6, 6.07) is 4.25. The number of aryl methyl sites for hydroxylation is 1. The van der Waals surface area contributed by atoms with Crippen LogP contribution in [0.25, 0.3) is 0 Å². The first kappa shape index (κ1) is 16.0. The number of carboxylic acids is 1. The van der Waals surface area contributed by atoms with Crippen LogP contribution in [0.15, 0.2) is 23.1 Å². The van der Waals surface area contributed by atoms with Gasteiger partial charge in [-0.15, -0.1) is 0 Å². The molecule has 0 radical (unpaired) electrons. The summed E-state index contributed by atoms with van der Waals surface area (Å²) in [6.45, 7) is 4.58. The van der Waals surface area contributed by atoms with Crippen molar-refractivity contribution in [1.29, 1.82) is 0 Å². The molecule has 1 fully saturated rings. The fourth-order valence-electron chi connectivity index (χ4n) is 2.66. The molecule has 1 saturated heterocycles. The van der Waals surface area contributed by atoms with Gasteiger partial charge in [0.15, 0.2) is 9.84 Å². The molecule has 5 nitrogen and oxygen atoms in total. The van der Waals surface area contributed by atoms with E-state index in [1.165, 1.54) is 25.0 Å². The van der Waals surface area contributed by atoms with Crippen LogP contribution in [0.4, 0.5) is 0 Å². The monoisotopic (exact) mass is 311 g/mol. The number of aromatic carboxylic acids is 1. The Balaban J connectivity index is 2.07. The number of carboxylic acid groups (broad SMARTS) is 1. The van der Waals surface area contributed by atoms with Gasteiger partial charge in [0.2, 0.25) is 0 Å². The van der Waals surface area contributed by atoms with Gasteiger partial charge in [0.25, 0.3) is 0 Å². The van der Waals surface area contributed by atoms with Crippen LogP contribution in [0.5, 0.6) is 0 Å². The first-order chi connectivity index (χ1) is 9.90. The minimum atomic E-state index is -3.43. The van der Waals surface area contributed by atoms with Crippen LogP contribution >= 0.6 is 0 Å². The molecule has 0 unspecified atom stereocenters. The number of nitrogens with zero attached hydrogens (tertiary/aromatic N) is 1. The van der Waals surface area contributed by atoms with Gasteiger partial charge in [0, 0.05) is 0 Å². The molecule has 1 N–H and O–H groups in total. The molecule has 0 amide bonds. The van der Waals surface area contributed by atoms with Gasteiger partial charge in [-0.2, -0.15) is 0 Å². The zero-order valence-electron chi connectivity index (χ0n) is 12.2. The minimum absolute atomic E-state index is 0.0127. The number of likely N-dealkylation sites (tertiary alicyclic amines) is 1. The largest absolute Gasteiger partial charge is 0.478 e. The first-order valence-electron chi connectivity index (χ1n) is 7.19. The maximum absolute atomic E-state index is 12.4. The molecule has 0 spiro atoms. The highest BCUT2D eigenvalue weighted by Crippen LogP contribution is 2.20. The zero-order chi connectivity index (χ0) is 15.5. The minimum Gasteiger partial charge on any atom is -0.478 e. The molecular formula is C15H21NO4S. The third-order valence-electron chi connectivity index (χ3n) is 3.86. The Morgan fingerprint density at radius 1 is 1.29 bits per heavy atom. The summed E-state index contributed by atoms with van der Waals surface area (Å²) in [5.41, 5.74) is 0.611. The molecule has 0 atom stereocenters. The molecule has 1 aromatic rings. The molecular weight excluding hydrogens is 290 g/mol. The lowest BCUT2D eigenvalue weighted by atomic mass is 10.1. The predicted octanol–water partition coefficient (Wildman–Crippen LogP) is 1.95. The number of sulfone groups is 1. The predicted molar refractivity (Wildman–Crippen MR) is 80.5 cm³/mol. The third kappa shape index (κ3) is 4.04. The Morgan fingerprint density at radius 2 is 1.95 bits per heavy atom. The van der Waals surface area contributed by atoms with Gasteiger partial charge in [0.1, 0.15) is 0 Å². The molecule has 116 valence electrons. The van der Waals surface area contributed by atoms with Crippen LogP contribution in [0, 0.1) is 6.92 Å². The van der Waals surface area contributed by atoms with Crippen molar-refractivity contribution < 1.29 is 18.3 Å². The van der Waals surface area contributed by atoms with E-state index in [1.807, 2.05) is 0 Å². The van der Waals surface area contributed by atoms with Crippen LogP contribution in [-0.2, 0) is 9.84 Å². The van der Waals surface area contributed by atoms with Gasteiger partial charge in [0.05, 0.1) is 16.2 Å². The fourth-order valence-corrected chi connectivity index (χ4v) is 4.26. The van der Waals surface area contributed by atoms with Crippen LogP contribution in [0.3, 0.4) is 0 Å². The van der Waals surface area contributed by atoms with E-state index in [0.717, 1.165) is 19.6 Å². The second kappa shape index (κ2) is 6.58. The molecule has 2 rings (SSSR count). The van der Waals surface area contributed by atoms with Crippen molar-refractivity contribution >= 4 is 15.8 Å².